The van der Waals surface area contributed by atoms with Gasteiger partial charge in [0.2, 0.25) is 0 Å². The number of carboxylic acid groups (broad SMARTS) is 1. The van der Waals surface area contributed by atoms with Crippen molar-refractivity contribution in [3.05, 3.63) is 51.5 Å². The van der Waals surface area contributed by atoms with Crippen LogP contribution >= 0.6 is 0 Å². The molecule has 5 nitrogen and oxygen atoms in total. The Hall–Kier alpha value is -2.56. The number of carboxylic acids is 1. The van der Waals surface area contributed by atoms with Crippen LogP contribution in [0.3, 0.4) is 0 Å². The fourth-order valence-corrected chi connectivity index (χ4v) is 3.21. The molecule has 1 fully saturated rings. The molecule has 1 aromatic heterocycles. The van der Waals surface area contributed by atoms with E-state index in [2.05, 4.69) is 22.5 Å². The van der Waals surface area contributed by atoms with Crippen LogP contribution < -0.4 is 5.32 Å². The molecular weight excluding hydrogens is 292 g/mol. The lowest BCUT2D eigenvalue weighted by Crippen LogP contribution is -2.13. The summed E-state index contributed by atoms with van der Waals surface area (Å²) in [5, 5.41) is 11.8. The van der Waals surface area contributed by atoms with Crippen molar-refractivity contribution in [2.45, 2.75) is 39.5 Å². The molecule has 1 aliphatic heterocycles. The number of nitrogens with one attached hydrogen (secondary N) is 2. The average molecular weight is 312 g/mol. The molecule has 0 atom stereocenters. The monoisotopic (exact) mass is 312 g/mol. The van der Waals surface area contributed by atoms with Crippen molar-refractivity contribution in [3.8, 4) is 0 Å². The van der Waals surface area contributed by atoms with Gasteiger partial charge in [-0.2, -0.15) is 0 Å². The quantitative estimate of drug-likeness (QED) is 0.748. The summed E-state index contributed by atoms with van der Waals surface area (Å²) in [6.45, 7) is 3.90. The highest BCUT2D eigenvalue weighted by Crippen LogP contribution is 2.32. The van der Waals surface area contributed by atoms with Crippen molar-refractivity contribution in [3.63, 3.8) is 0 Å². The van der Waals surface area contributed by atoms with E-state index in [1.165, 1.54) is 0 Å². The van der Waals surface area contributed by atoms with Gasteiger partial charge in [-0.15, -0.1) is 0 Å². The number of hydrogen-bond acceptors (Lipinski definition) is 2. The highest BCUT2D eigenvalue weighted by atomic mass is 16.4. The molecule has 1 aromatic rings. The molecule has 1 amide bonds. The molecule has 3 N–H and O–H groups in total. The number of aryl methyl sites for hydroxylation is 1. The van der Waals surface area contributed by atoms with Crippen molar-refractivity contribution >= 4 is 18.0 Å². The molecule has 0 bridgehead atoms. The summed E-state index contributed by atoms with van der Waals surface area (Å²) in [7, 11) is 0. The van der Waals surface area contributed by atoms with E-state index in [9.17, 15) is 9.59 Å². The van der Waals surface area contributed by atoms with Crippen molar-refractivity contribution in [2.75, 3.05) is 0 Å². The van der Waals surface area contributed by atoms with Gasteiger partial charge in [-0.25, -0.2) is 0 Å². The number of amides is 1. The fraction of sp³-hybridized carbons (Fsp3) is 0.333. The highest BCUT2D eigenvalue weighted by Gasteiger charge is 2.28. The van der Waals surface area contributed by atoms with Crippen molar-refractivity contribution in [1.82, 2.24) is 10.3 Å². The Kier molecular flexibility index (Phi) is 3.94. The minimum atomic E-state index is -0.804. The first-order valence-electron chi connectivity index (χ1n) is 7.81. The van der Waals surface area contributed by atoms with Gasteiger partial charge in [0.1, 0.15) is 0 Å². The Balaban J connectivity index is 1.95. The predicted octanol–water partition coefficient (Wildman–Crippen LogP) is 2.77. The molecule has 1 aliphatic carbocycles. The van der Waals surface area contributed by atoms with Crippen LogP contribution in [0.2, 0.25) is 0 Å². The maximum atomic E-state index is 12.2. The van der Waals surface area contributed by atoms with Crippen LogP contribution in [-0.4, -0.2) is 22.0 Å². The second kappa shape index (κ2) is 5.91. The van der Waals surface area contributed by atoms with Crippen LogP contribution in [0, 0.1) is 13.8 Å². The predicted molar refractivity (Wildman–Crippen MR) is 87.7 cm³/mol. The first-order valence-corrected chi connectivity index (χ1v) is 7.81. The molecule has 0 saturated carbocycles. The summed E-state index contributed by atoms with van der Waals surface area (Å²) in [4.78, 5) is 26.3. The molecule has 0 aromatic carbocycles. The Morgan fingerprint density at radius 2 is 2.04 bits per heavy atom. The van der Waals surface area contributed by atoms with Gasteiger partial charge in [-0.05, 0) is 50.3 Å². The van der Waals surface area contributed by atoms with Gasteiger partial charge >= 0.3 is 5.97 Å². The highest BCUT2D eigenvalue weighted by molar-refractivity contribution is 6.08. The second-order valence-corrected chi connectivity index (χ2v) is 5.99. The number of H-pyrrole nitrogens is 1. The summed E-state index contributed by atoms with van der Waals surface area (Å²) < 4.78 is 0. The minimum absolute atomic E-state index is 0.0804. The van der Waals surface area contributed by atoms with Crippen molar-refractivity contribution in [2.24, 2.45) is 0 Å². The van der Waals surface area contributed by atoms with E-state index in [0.29, 0.717) is 12.0 Å². The first-order chi connectivity index (χ1) is 11.0. The molecule has 5 heteroatoms. The molecular formula is C18H20N2O3. The number of allylic oxidation sites excluding steroid dienone is 3. The van der Waals surface area contributed by atoms with Gasteiger partial charge in [0.25, 0.3) is 5.91 Å². The molecule has 23 heavy (non-hydrogen) atoms. The molecule has 3 rings (SSSR count). The van der Waals surface area contributed by atoms with Gasteiger partial charge < -0.3 is 15.4 Å². The topological polar surface area (TPSA) is 82.2 Å². The van der Waals surface area contributed by atoms with Crippen molar-refractivity contribution in [1.29, 1.82) is 0 Å². The number of carbonyl (C=O) groups excluding carboxylic acids is 1. The smallest absolute Gasteiger partial charge is 0.303 e. The maximum Gasteiger partial charge on any atom is 0.303 e. The van der Waals surface area contributed by atoms with Crippen LogP contribution in [0.5, 0.6) is 0 Å². The molecule has 2 heterocycles. The Labute approximate surface area is 134 Å². The standard InChI is InChI=1S/C18H20N2O3/c1-10-12(7-8-17(21)22)11(2)19-16(10)9-14-13-5-3-4-6-15(13)20-18(14)23/h5-6,9,19H,3-4,7-8H2,1-2H3,(H,20,23)(H,21,22)/b14-9-. The number of aliphatic carboxylic acids is 1. The van der Waals surface area contributed by atoms with Gasteiger partial charge in [-0.3, -0.25) is 9.59 Å². The molecule has 0 unspecified atom stereocenters. The lowest BCUT2D eigenvalue weighted by atomic mass is 9.98. The van der Waals surface area contributed by atoms with E-state index in [4.69, 9.17) is 5.11 Å². The Bertz CT molecular complexity index is 778. The lowest BCUT2D eigenvalue weighted by Gasteiger charge is -2.06. The van der Waals surface area contributed by atoms with E-state index in [1.807, 2.05) is 19.9 Å². The van der Waals surface area contributed by atoms with Gasteiger partial charge in [0, 0.05) is 29.1 Å². The van der Waals surface area contributed by atoms with Crippen LogP contribution in [0.4, 0.5) is 0 Å². The average Bonchev–Trinajstić information content (AvgIpc) is 2.95. The number of aromatic nitrogens is 1. The summed E-state index contributed by atoms with van der Waals surface area (Å²) in [5.74, 6) is -0.884. The lowest BCUT2D eigenvalue weighted by molar-refractivity contribution is -0.137. The third kappa shape index (κ3) is 2.86. The zero-order valence-corrected chi connectivity index (χ0v) is 13.3. The summed E-state index contributed by atoms with van der Waals surface area (Å²) >= 11 is 0. The van der Waals surface area contributed by atoms with Crippen molar-refractivity contribution < 1.29 is 14.7 Å². The van der Waals surface area contributed by atoms with Gasteiger partial charge in [-0.1, -0.05) is 12.2 Å². The molecule has 120 valence electrons. The number of hydrogen-bond donors (Lipinski definition) is 3. The van der Waals surface area contributed by atoms with E-state index >= 15 is 0 Å². The zero-order chi connectivity index (χ0) is 16.6. The molecule has 2 aliphatic rings. The normalized spacial score (nSPS) is 18.5. The number of fused-ring (bicyclic) bond motifs is 1. The molecule has 1 saturated heterocycles. The SMILES string of the molecule is Cc1[nH]c(/C=C2\C(=O)NC3=CCCC=C32)c(C)c1CCC(=O)O. The largest absolute Gasteiger partial charge is 0.481 e. The summed E-state index contributed by atoms with van der Waals surface area (Å²) in [6, 6.07) is 0. The summed E-state index contributed by atoms with van der Waals surface area (Å²) in [5.41, 5.74) is 6.41. The third-order valence-corrected chi connectivity index (χ3v) is 4.45. The van der Waals surface area contributed by atoms with Gasteiger partial charge in [0.15, 0.2) is 0 Å². The van der Waals surface area contributed by atoms with Crippen LogP contribution in [-0.2, 0) is 16.0 Å². The van der Waals surface area contributed by atoms with Gasteiger partial charge in [0.05, 0.1) is 5.57 Å². The Morgan fingerprint density at radius 1 is 1.30 bits per heavy atom. The van der Waals surface area contributed by atoms with E-state index in [1.54, 1.807) is 0 Å². The Morgan fingerprint density at radius 3 is 2.78 bits per heavy atom. The number of carbonyl (C=O) groups is 2. The van der Waals surface area contributed by atoms with E-state index in [-0.39, 0.29) is 12.3 Å². The maximum absolute atomic E-state index is 12.2. The van der Waals surface area contributed by atoms with Crippen LogP contribution in [0.25, 0.3) is 6.08 Å². The summed E-state index contributed by atoms with van der Waals surface area (Å²) in [6.07, 6.45) is 8.51. The van der Waals surface area contributed by atoms with Crippen LogP contribution in [0.1, 0.15) is 41.8 Å². The number of rotatable bonds is 4. The van der Waals surface area contributed by atoms with E-state index < -0.39 is 5.97 Å². The first kappa shape index (κ1) is 15.3. The fourth-order valence-electron chi connectivity index (χ4n) is 3.21. The second-order valence-electron chi connectivity index (χ2n) is 5.99. The van der Waals surface area contributed by atoms with Crippen LogP contribution in [0.15, 0.2) is 29.0 Å². The molecule has 0 radical (unpaired) electrons. The third-order valence-electron chi connectivity index (χ3n) is 4.45. The number of aromatic amines is 1. The minimum Gasteiger partial charge on any atom is -0.481 e. The molecule has 0 spiro atoms. The zero-order valence-electron chi connectivity index (χ0n) is 13.3. The van der Waals surface area contributed by atoms with E-state index in [0.717, 1.165) is 46.6 Å².